The molecule has 1 aliphatic heterocycles. The number of likely N-dealkylation sites (tertiary alicyclic amines) is 1. The quantitative estimate of drug-likeness (QED) is 0.901. The molecule has 0 unspecified atom stereocenters. The fraction of sp³-hybridized carbons (Fsp3) is 0.588. The molecule has 1 amide bonds. The standard InChI is InChI=1S/C17H27N3O.ClH/c1-14-5-3-4-6-16(14)12-19(2)17(21)13-20-9-7-15(11-18)8-10-20;/h3-6,15H,7-13,18H2,1-2H3;1H. The first-order chi connectivity index (χ1) is 10.1. The molecule has 1 aromatic rings. The molecule has 0 radical (unpaired) electrons. The Bertz CT molecular complexity index is 473. The minimum absolute atomic E-state index is 0. The number of hydrogen-bond donors (Lipinski definition) is 1. The molecule has 0 bridgehead atoms. The van der Waals surface area contributed by atoms with Crippen molar-refractivity contribution in [2.24, 2.45) is 11.7 Å². The molecule has 22 heavy (non-hydrogen) atoms. The lowest BCUT2D eigenvalue weighted by Crippen LogP contribution is -2.42. The highest BCUT2D eigenvalue weighted by Crippen LogP contribution is 2.16. The van der Waals surface area contributed by atoms with Crippen molar-refractivity contribution >= 4 is 18.3 Å². The van der Waals surface area contributed by atoms with Gasteiger partial charge in [-0.1, -0.05) is 24.3 Å². The van der Waals surface area contributed by atoms with Gasteiger partial charge in [0.25, 0.3) is 0 Å². The predicted molar refractivity (Wildman–Crippen MR) is 93.1 cm³/mol. The summed E-state index contributed by atoms with van der Waals surface area (Å²) >= 11 is 0. The molecule has 1 fully saturated rings. The monoisotopic (exact) mass is 325 g/mol. The Balaban J connectivity index is 0.00000242. The van der Waals surface area contributed by atoms with Gasteiger partial charge < -0.3 is 10.6 Å². The smallest absolute Gasteiger partial charge is 0.236 e. The van der Waals surface area contributed by atoms with Gasteiger partial charge in [-0.3, -0.25) is 9.69 Å². The molecule has 1 aliphatic rings. The number of carbonyl (C=O) groups is 1. The van der Waals surface area contributed by atoms with Crippen LogP contribution in [0.25, 0.3) is 0 Å². The molecule has 0 spiro atoms. The molecule has 2 rings (SSSR count). The molecule has 124 valence electrons. The number of halogens is 1. The maximum Gasteiger partial charge on any atom is 0.236 e. The third kappa shape index (κ3) is 5.27. The van der Waals surface area contributed by atoms with Gasteiger partial charge in [0.05, 0.1) is 6.54 Å². The largest absolute Gasteiger partial charge is 0.340 e. The first-order valence-corrected chi connectivity index (χ1v) is 7.81. The van der Waals surface area contributed by atoms with Gasteiger partial charge in [-0.25, -0.2) is 0 Å². The number of nitrogens with zero attached hydrogens (tertiary/aromatic N) is 2. The zero-order valence-electron chi connectivity index (χ0n) is 13.6. The Labute approximate surface area is 140 Å². The first kappa shape index (κ1) is 18.9. The van der Waals surface area contributed by atoms with Gasteiger partial charge in [-0.2, -0.15) is 0 Å². The molecule has 1 aromatic carbocycles. The first-order valence-electron chi connectivity index (χ1n) is 7.81. The van der Waals surface area contributed by atoms with Gasteiger partial charge in [0.15, 0.2) is 0 Å². The van der Waals surface area contributed by atoms with Gasteiger partial charge in [-0.15, -0.1) is 12.4 Å². The van der Waals surface area contributed by atoms with E-state index in [2.05, 4.69) is 24.0 Å². The van der Waals surface area contributed by atoms with E-state index in [4.69, 9.17) is 5.73 Å². The van der Waals surface area contributed by atoms with Gasteiger partial charge in [0, 0.05) is 13.6 Å². The van der Waals surface area contributed by atoms with E-state index in [0.717, 1.165) is 32.5 Å². The van der Waals surface area contributed by atoms with E-state index in [9.17, 15) is 4.79 Å². The van der Waals surface area contributed by atoms with E-state index in [1.165, 1.54) is 11.1 Å². The summed E-state index contributed by atoms with van der Waals surface area (Å²) in [5.41, 5.74) is 8.16. The van der Waals surface area contributed by atoms with Crippen LogP contribution in [0, 0.1) is 12.8 Å². The van der Waals surface area contributed by atoms with Crippen molar-refractivity contribution in [1.29, 1.82) is 0 Å². The fourth-order valence-electron chi connectivity index (χ4n) is 2.82. The molecule has 0 aromatic heterocycles. The number of amides is 1. The van der Waals surface area contributed by atoms with E-state index in [0.29, 0.717) is 19.0 Å². The Morgan fingerprint density at radius 2 is 1.95 bits per heavy atom. The lowest BCUT2D eigenvalue weighted by molar-refractivity contribution is -0.132. The number of nitrogens with two attached hydrogens (primary N) is 1. The van der Waals surface area contributed by atoms with Crippen LogP contribution in [-0.4, -0.2) is 48.9 Å². The molecule has 5 heteroatoms. The van der Waals surface area contributed by atoms with E-state index in [-0.39, 0.29) is 18.3 Å². The number of benzene rings is 1. The highest BCUT2D eigenvalue weighted by molar-refractivity contribution is 5.85. The maximum atomic E-state index is 12.3. The van der Waals surface area contributed by atoms with Crippen LogP contribution in [0.5, 0.6) is 0 Å². The average Bonchev–Trinajstić information content (AvgIpc) is 2.50. The van der Waals surface area contributed by atoms with Crippen LogP contribution in [0.4, 0.5) is 0 Å². The van der Waals surface area contributed by atoms with Crippen LogP contribution < -0.4 is 5.73 Å². The van der Waals surface area contributed by atoms with Gasteiger partial charge in [0.1, 0.15) is 0 Å². The number of aryl methyl sites for hydroxylation is 1. The van der Waals surface area contributed by atoms with Crippen LogP contribution in [0.1, 0.15) is 24.0 Å². The van der Waals surface area contributed by atoms with Gasteiger partial charge in [-0.05, 0) is 56.4 Å². The summed E-state index contributed by atoms with van der Waals surface area (Å²) in [7, 11) is 1.89. The van der Waals surface area contributed by atoms with Crippen molar-refractivity contribution in [2.75, 3.05) is 33.2 Å². The molecule has 1 heterocycles. The van der Waals surface area contributed by atoms with E-state index in [1.54, 1.807) is 0 Å². The van der Waals surface area contributed by atoms with E-state index >= 15 is 0 Å². The lowest BCUT2D eigenvalue weighted by atomic mass is 9.97. The average molecular weight is 326 g/mol. The summed E-state index contributed by atoms with van der Waals surface area (Å²) in [6, 6.07) is 8.23. The van der Waals surface area contributed by atoms with Crippen LogP contribution in [0.2, 0.25) is 0 Å². The molecule has 0 atom stereocenters. The Morgan fingerprint density at radius 3 is 2.55 bits per heavy atom. The van der Waals surface area contributed by atoms with Crippen molar-refractivity contribution < 1.29 is 4.79 Å². The molecule has 2 N–H and O–H groups in total. The summed E-state index contributed by atoms with van der Waals surface area (Å²) in [5, 5.41) is 0. The second kappa shape index (κ2) is 9.13. The molecular weight excluding hydrogens is 298 g/mol. The lowest BCUT2D eigenvalue weighted by Gasteiger charge is -2.32. The number of carbonyl (C=O) groups excluding carboxylic acids is 1. The highest BCUT2D eigenvalue weighted by atomic mass is 35.5. The van der Waals surface area contributed by atoms with E-state index < -0.39 is 0 Å². The summed E-state index contributed by atoms with van der Waals surface area (Å²) in [6.45, 7) is 6.06. The third-order valence-corrected chi connectivity index (χ3v) is 4.49. The van der Waals surface area contributed by atoms with Crippen molar-refractivity contribution in [2.45, 2.75) is 26.3 Å². The van der Waals surface area contributed by atoms with Gasteiger partial charge >= 0.3 is 0 Å². The number of hydrogen-bond acceptors (Lipinski definition) is 3. The zero-order chi connectivity index (χ0) is 15.2. The van der Waals surface area contributed by atoms with Crippen LogP contribution in [0.3, 0.4) is 0 Å². The summed E-state index contributed by atoms with van der Waals surface area (Å²) in [5.74, 6) is 0.838. The Morgan fingerprint density at radius 1 is 1.32 bits per heavy atom. The van der Waals surface area contributed by atoms with Crippen LogP contribution in [0.15, 0.2) is 24.3 Å². The Kier molecular flexibility index (Phi) is 7.87. The minimum atomic E-state index is 0. The SMILES string of the molecule is Cc1ccccc1CN(C)C(=O)CN1CCC(CN)CC1.Cl. The van der Waals surface area contributed by atoms with Crippen LogP contribution >= 0.6 is 12.4 Å². The highest BCUT2D eigenvalue weighted by Gasteiger charge is 2.21. The molecule has 1 saturated heterocycles. The summed E-state index contributed by atoms with van der Waals surface area (Å²) < 4.78 is 0. The number of likely N-dealkylation sites (N-methyl/N-ethyl adjacent to an activating group) is 1. The summed E-state index contributed by atoms with van der Waals surface area (Å²) in [6.07, 6.45) is 2.23. The number of piperidine rings is 1. The van der Waals surface area contributed by atoms with Gasteiger partial charge in [0.2, 0.25) is 5.91 Å². The van der Waals surface area contributed by atoms with Crippen molar-refractivity contribution in [3.8, 4) is 0 Å². The van der Waals surface area contributed by atoms with E-state index in [1.807, 2.05) is 24.1 Å². The van der Waals surface area contributed by atoms with Crippen molar-refractivity contribution in [3.05, 3.63) is 35.4 Å². The maximum absolute atomic E-state index is 12.3. The predicted octanol–water partition coefficient (Wildman–Crippen LogP) is 2.05. The second-order valence-corrected chi connectivity index (χ2v) is 6.13. The van der Waals surface area contributed by atoms with Crippen molar-refractivity contribution in [1.82, 2.24) is 9.80 Å². The minimum Gasteiger partial charge on any atom is -0.340 e. The molecular formula is C17H28ClN3O. The normalized spacial score (nSPS) is 16.1. The fourth-order valence-corrected chi connectivity index (χ4v) is 2.82. The second-order valence-electron chi connectivity index (χ2n) is 6.13. The Hall–Kier alpha value is -1.10. The molecule has 0 saturated carbocycles. The van der Waals surface area contributed by atoms with Crippen LogP contribution in [-0.2, 0) is 11.3 Å². The zero-order valence-corrected chi connectivity index (χ0v) is 14.4. The topological polar surface area (TPSA) is 49.6 Å². The third-order valence-electron chi connectivity index (χ3n) is 4.49. The van der Waals surface area contributed by atoms with Crippen molar-refractivity contribution in [3.63, 3.8) is 0 Å². The molecule has 4 nitrogen and oxygen atoms in total. The summed E-state index contributed by atoms with van der Waals surface area (Å²) in [4.78, 5) is 16.4. The number of rotatable bonds is 5. The molecule has 0 aliphatic carbocycles.